The standard InChI is InChI=1S/C15H26ClN3/c1-4-17-14(9-12-7-5-6-8-12)15-13(16)10-18-19(15)11(2)3/h10-12,14,17H,4-9H2,1-3H3. The van der Waals surface area contributed by atoms with E-state index in [4.69, 9.17) is 11.6 Å². The molecule has 1 saturated carbocycles. The van der Waals surface area contributed by atoms with Crippen molar-refractivity contribution < 1.29 is 0 Å². The Morgan fingerprint density at radius 3 is 2.68 bits per heavy atom. The molecule has 0 amide bonds. The van der Waals surface area contributed by atoms with E-state index in [0.29, 0.717) is 12.1 Å². The lowest BCUT2D eigenvalue weighted by molar-refractivity contribution is 0.370. The molecule has 1 N–H and O–H groups in total. The molecule has 1 unspecified atom stereocenters. The molecule has 2 rings (SSSR count). The van der Waals surface area contributed by atoms with E-state index in [0.717, 1.165) is 17.5 Å². The summed E-state index contributed by atoms with van der Waals surface area (Å²) in [5.74, 6) is 0.843. The van der Waals surface area contributed by atoms with E-state index in [9.17, 15) is 0 Å². The van der Waals surface area contributed by atoms with Gasteiger partial charge in [-0.2, -0.15) is 5.10 Å². The predicted octanol–water partition coefficient (Wildman–Crippen LogP) is 4.35. The van der Waals surface area contributed by atoms with E-state index in [1.165, 1.54) is 37.8 Å². The molecule has 1 aliphatic carbocycles. The Bertz CT molecular complexity index is 394. The van der Waals surface area contributed by atoms with E-state index in [1.54, 1.807) is 6.20 Å². The second-order valence-electron chi connectivity index (χ2n) is 5.91. The highest BCUT2D eigenvalue weighted by Crippen LogP contribution is 2.35. The molecular weight excluding hydrogens is 258 g/mol. The van der Waals surface area contributed by atoms with Crippen LogP contribution in [0.2, 0.25) is 5.02 Å². The van der Waals surface area contributed by atoms with Crippen LogP contribution in [0.3, 0.4) is 0 Å². The van der Waals surface area contributed by atoms with Gasteiger partial charge in [-0.05, 0) is 32.7 Å². The highest BCUT2D eigenvalue weighted by atomic mass is 35.5. The summed E-state index contributed by atoms with van der Waals surface area (Å²) in [5.41, 5.74) is 1.17. The van der Waals surface area contributed by atoms with Crippen molar-refractivity contribution in [1.29, 1.82) is 0 Å². The summed E-state index contributed by atoms with van der Waals surface area (Å²) in [6.45, 7) is 7.44. The van der Waals surface area contributed by atoms with Crippen LogP contribution in [0.5, 0.6) is 0 Å². The molecule has 0 aromatic carbocycles. The molecule has 0 spiro atoms. The van der Waals surface area contributed by atoms with Gasteiger partial charge in [0.25, 0.3) is 0 Å². The van der Waals surface area contributed by atoms with Crippen molar-refractivity contribution >= 4 is 11.6 Å². The summed E-state index contributed by atoms with van der Waals surface area (Å²) in [5, 5.41) is 8.84. The van der Waals surface area contributed by atoms with Crippen molar-refractivity contribution in [2.24, 2.45) is 5.92 Å². The van der Waals surface area contributed by atoms with Crippen LogP contribution in [0.1, 0.15) is 70.7 Å². The van der Waals surface area contributed by atoms with Gasteiger partial charge < -0.3 is 5.32 Å². The van der Waals surface area contributed by atoms with Crippen LogP contribution < -0.4 is 5.32 Å². The van der Waals surface area contributed by atoms with Gasteiger partial charge in [0.15, 0.2) is 0 Å². The molecule has 108 valence electrons. The highest BCUT2D eigenvalue weighted by Gasteiger charge is 2.25. The molecule has 0 bridgehead atoms. The van der Waals surface area contributed by atoms with E-state index in [1.807, 2.05) is 0 Å². The Kier molecular flexibility index (Phi) is 5.28. The van der Waals surface area contributed by atoms with Crippen molar-refractivity contribution in [2.75, 3.05) is 6.54 Å². The minimum absolute atomic E-state index is 0.338. The summed E-state index contributed by atoms with van der Waals surface area (Å²) in [6, 6.07) is 0.692. The molecule has 0 radical (unpaired) electrons. The van der Waals surface area contributed by atoms with Gasteiger partial charge in [-0.25, -0.2) is 0 Å². The fraction of sp³-hybridized carbons (Fsp3) is 0.800. The van der Waals surface area contributed by atoms with Crippen LogP contribution in [-0.2, 0) is 0 Å². The molecule has 4 heteroatoms. The largest absolute Gasteiger partial charge is 0.309 e. The Balaban J connectivity index is 2.19. The molecule has 0 saturated heterocycles. The second kappa shape index (κ2) is 6.76. The predicted molar refractivity (Wildman–Crippen MR) is 80.6 cm³/mol. The van der Waals surface area contributed by atoms with Gasteiger partial charge in [0.2, 0.25) is 0 Å². The van der Waals surface area contributed by atoms with Crippen molar-refractivity contribution in [3.63, 3.8) is 0 Å². The Morgan fingerprint density at radius 2 is 2.11 bits per heavy atom. The van der Waals surface area contributed by atoms with Gasteiger partial charge in [0.1, 0.15) is 0 Å². The molecule has 1 atom stereocenters. The molecule has 3 nitrogen and oxygen atoms in total. The summed E-state index contributed by atoms with van der Waals surface area (Å²) in [4.78, 5) is 0. The summed E-state index contributed by atoms with van der Waals surface area (Å²) in [7, 11) is 0. The normalized spacial score (nSPS) is 18.4. The summed E-state index contributed by atoms with van der Waals surface area (Å²) >= 11 is 6.38. The van der Waals surface area contributed by atoms with Gasteiger partial charge in [-0.15, -0.1) is 0 Å². The van der Waals surface area contributed by atoms with Crippen molar-refractivity contribution in [3.8, 4) is 0 Å². The minimum atomic E-state index is 0.338. The summed E-state index contributed by atoms with van der Waals surface area (Å²) < 4.78 is 2.07. The molecule has 19 heavy (non-hydrogen) atoms. The van der Waals surface area contributed by atoms with Crippen LogP contribution >= 0.6 is 11.6 Å². The Labute approximate surface area is 121 Å². The molecule has 1 aromatic rings. The zero-order valence-corrected chi connectivity index (χ0v) is 13.1. The van der Waals surface area contributed by atoms with Crippen molar-refractivity contribution in [3.05, 3.63) is 16.9 Å². The number of nitrogens with zero attached hydrogens (tertiary/aromatic N) is 2. The highest BCUT2D eigenvalue weighted by molar-refractivity contribution is 6.31. The number of halogens is 1. The monoisotopic (exact) mass is 283 g/mol. The molecule has 1 heterocycles. The fourth-order valence-electron chi connectivity index (χ4n) is 3.21. The quantitative estimate of drug-likeness (QED) is 0.841. The lowest BCUT2D eigenvalue weighted by atomic mass is 9.96. The first-order chi connectivity index (χ1) is 9.13. The molecule has 1 aromatic heterocycles. The minimum Gasteiger partial charge on any atom is -0.309 e. The van der Waals surface area contributed by atoms with Crippen LogP contribution in [0.25, 0.3) is 0 Å². The Morgan fingerprint density at radius 1 is 1.42 bits per heavy atom. The third-order valence-corrected chi connectivity index (χ3v) is 4.39. The zero-order valence-electron chi connectivity index (χ0n) is 12.3. The van der Waals surface area contributed by atoms with Gasteiger partial charge in [0, 0.05) is 6.04 Å². The van der Waals surface area contributed by atoms with Crippen LogP contribution in [0, 0.1) is 5.92 Å². The number of hydrogen-bond donors (Lipinski definition) is 1. The zero-order chi connectivity index (χ0) is 13.8. The third-order valence-electron chi connectivity index (χ3n) is 4.10. The SMILES string of the molecule is CCNC(CC1CCCC1)c1c(Cl)cnn1C(C)C. The molecule has 1 fully saturated rings. The Hall–Kier alpha value is -0.540. The van der Waals surface area contributed by atoms with Crippen molar-refractivity contribution in [1.82, 2.24) is 15.1 Å². The van der Waals surface area contributed by atoms with Gasteiger partial charge in [-0.3, -0.25) is 4.68 Å². The number of hydrogen-bond acceptors (Lipinski definition) is 2. The number of rotatable bonds is 6. The summed E-state index contributed by atoms with van der Waals surface area (Å²) in [6.07, 6.45) is 8.49. The maximum absolute atomic E-state index is 6.38. The lowest BCUT2D eigenvalue weighted by Crippen LogP contribution is -2.26. The van der Waals surface area contributed by atoms with Gasteiger partial charge in [-0.1, -0.05) is 44.2 Å². The first-order valence-electron chi connectivity index (χ1n) is 7.59. The van der Waals surface area contributed by atoms with E-state index < -0.39 is 0 Å². The number of nitrogens with one attached hydrogen (secondary N) is 1. The first kappa shape index (κ1) is 14.9. The molecular formula is C15H26ClN3. The lowest BCUT2D eigenvalue weighted by Gasteiger charge is -2.24. The third kappa shape index (κ3) is 3.51. The first-order valence-corrected chi connectivity index (χ1v) is 7.97. The van der Waals surface area contributed by atoms with E-state index in [2.05, 4.69) is 35.9 Å². The van der Waals surface area contributed by atoms with Gasteiger partial charge in [0.05, 0.1) is 23.0 Å². The van der Waals surface area contributed by atoms with Crippen LogP contribution in [0.4, 0.5) is 0 Å². The maximum atomic E-state index is 6.38. The van der Waals surface area contributed by atoms with Gasteiger partial charge >= 0.3 is 0 Å². The molecule has 0 aliphatic heterocycles. The topological polar surface area (TPSA) is 29.9 Å². The maximum Gasteiger partial charge on any atom is 0.0834 e. The van der Waals surface area contributed by atoms with Crippen molar-refractivity contribution in [2.45, 2.75) is 65.0 Å². The molecule has 1 aliphatic rings. The smallest absolute Gasteiger partial charge is 0.0834 e. The van der Waals surface area contributed by atoms with E-state index in [-0.39, 0.29) is 0 Å². The average Bonchev–Trinajstić information content (AvgIpc) is 2.97. The average molecular weight is 284 g/mol. The van der Waals surface area contributed by atoms with Crippen LogP contribution in [0.15, 0.2) is 6.20 Å². The number of aromatic nitrogens is 2. The van der Waals surface area contributed by atoms with Crippen LogP contribution in [-0.4, -0.2) is 16.3 Å². The fourth-order valence-corrected chi connectivity index (χ4v) is 3.47. The second-order valence-corrected chi connectivity index (χ2v) is 6.32. The van der Waals surface area contributed by atoms with E-state index >= 15 is 0 Å².